The Bertz CT molecular complexity index is 365. The number of carboxylic acid groups (broad SMARTS) is 1. The van der Waals surface area contributed by atoms with Crippen LogP contribution in [0, 0.1) is 5.92 Å². The van der Waals surface area contributed by atoms with Gasteiger partial charge in [-0.05, 0) is 42.0 Å². The number of thiophene rings is 1. The van der Waals surface area contributed by atoms with Gasteiger partial charge < -0.3 is 10.0 Å². The minimum atomic E-state index is -0.741. The summed E-state index contributed by atoms with van der Waals surface area (Å²) in [6.45, 7) is 1.98. The van der Waals surface area contributed by atoms with Gasteiger partial charge in [0, 0.05) is 27.2 Å². The number of rotatable bonds is 5. The Morgan fingerprint density at radius 1 is 1.62 bits per heavy atom. The Labute approximate surface area is 108 Å². The molecule has 1 aromatic rings. The van der Waals surface area contributed by atoms with Crippen LogP contribution in [0.25, 0.3) is 0 Å². The molecule has 0 amide bonds. The van der Waals surface area contributed by atoms with Gasteiger partial charge in [0.25, 0.3) is 0 Å². The van der Waals surface area contributed by atoms with Crippen LogP contribution in [0.1, 0.15) is 24.3 Å². The molecule has 0 aliphatic heterocycles. The van der Waals surface area contributed by atoms with Crippen LogP contribution < -0.4 is 0 Å². The number of carbonyl (C=O) groups is 1. The first-order valence-electron chi connectivity index (χ1n) is 5.04. The molecule has 0 aliphatic rings. The van der Waals surface area contributed by atoms with E-state index in [0.29, 0.717) is 0 Å². The highest BCUT2D eigenvalue weighted by atomic mass is 79.9. The second-order valence-electron chi connectivity index (χ2n) is 4.15. The highest BCUT2D eigenvalue weighted by Gasteiger charge is 2.24. The maximum Gasteiger partial charge on any atom is 0.303 e. The molecular weight excluding hydrogens is 290 g/mol. The van der Waals surface area contributed by atoms with E-state index in [1.165, 1.54) is 4.88 Å². The molecule has 3 nitrogen and oxygen atoms in total. The summed E-state index contributed by atoms with van der Waals surface area (Å²) < 4.78 is 1.06. The molecule has 16 heavy (non-hydrogen) atoms. The Morgan fingerprint density at radius 3 is 2.62 bits per heavy atom. The highest BCUT2D eigenvalue weighted by Crippen LogP contribution is 2.34. The molecule has 1 heterocycles. The van der Waals surface area contributed by atoms with E-state index in [-0.39, 0.29) is 18.4 Å². The van der Waals surface area contributed by atoms with E-state index in [0.717, 1.165) is 4.47 Å². The molecule has 1 aromatic heterocycles. The Hall–Kier alpha value is -0.390. The third-order valence-corrected chi connectivity index (χ3v) is 4.24. The van der Waals surface area contributed by atoms with E-state index in [4.69, 9.17) is 5.11 Å². The summed E-state index contributed by atoms with van der Waals surface area (Å²) in [5.41, 5.74) is 0. The van der Waals surface area contributed by atoms with Gasteiger partial charge in [-0.2, -0.15) is 0 Å². The Balaban J connectivity index is 2.86. The summed E-state index contributed by atoms with van der Waals surface area (Å²) in [5, 5.41) is 10.9. The van der Waals surface area contributed by atoms with E-state index in [1.807, 2.05) is 26.4 Å². The number of hydrogen-bond acceptors (Lipinski definition) is 3. The fourth-order valence-electron chi connectivity index (χ4n) is 1.91. The maximum absolute atomic E-state index is 10.7. The molecular formula is C11H16BrNO2S. The minimum absolute atomic E-state index is 0.0954. The van der Waals surface area contributed by atoms with Crippen LogP contribution in [0.5, 0.6) is 0 Å². The van der Waals surface area contributed by atoms with Gasteiger partial charge >= 0.3 is 5.97 Å². The average molecular weight is 306 g/mol. The summed E-state index contributed by atoms with van der Waals surface area (Å²) in [6.07, 6.45) is 0.193. The van der Waals surface area contributed by atoms with Crippen LogP contribution in [0.15, 0.2) is 15.9 Å². The van der Waals surface area contributed by atoms with Crippen molar-refractivity contribution in [1.29, 1.82) is 0 Å². The topological polar surface area (TPSA) is 40.5 Å². The summed E-state index contributed by atoms with van der Waals surface area (Å²) in [5.74, 6) is -0.645. The first-order valence-corrected chi connectivity index (χ1v) is 6.71. The lowest BCUT2D eigenvalue weighted by Gasteiger charge is -2.28. The first kappa shape index (κ1) is 13.7. The maximum atomic E-state index is 10.7. The van der Waals surface area contributed by atoms with Gasteiger partial charge in [-0.1, -0.05) is 6.92 Å². The number of hydrogen-bond donors (Lipinski definition) is 1. The molecule has 5 heteroatoms. The molecule has 0 aliphatic carbocycles. The Kier molecular flexibility index (Phi) is 4.95. The monoisotopic (exact) mass is 305 g/mol. The zero-order chi connectivity index (χ0) is 12.3. The van der Waals surface area contributed by atoms with Gasteiger partial charge in [-0.25, -0.2) is 0 Å². The van der Waals surface area contributed by atoms with Crippen LogP contribution in [0.2, 0.25) is 0 Å². The van der Waals surface area contributed by atoms with Crippen molar-refractivity contribution >= 4 is 33.2 Å². The molecule has 0 radical (unpaired) electrons. The van der Waals surface area contributed by atoms with Crippen LogP contribution in [0.3, 0.4) is 0 Å². The summed E-state index contributed by atoms with van der Waals surface area (Å²) in [4.78, 5) is 14.0. The zero-order valence-electron chi connectivity index (χ0n) is 9.61. The predicted molar refractivity (Wildman–Crippen MR) is 69.9 cm³/mol. The fourth-order valence-corrected chi connectivity index (χ4v) is 3.69. The molecule has 0 saturated heterocycles. The molecule has 1 rings (SSSR count). The van der Waals surface area contributed by atoms with E-state index in [1.54, 1.807) is 11.3 Å². The normalized spacial score (nSPS) is 15.1. The minimum Gasteiger partial charge on any atom is -0.481 e. The number of carboxylic acids is 1. The fraction of sp³-hybridized carbons (Fsp3) is 0.545. The number of nitrogens with zero attached hydrogens (tertiary/aromatic N) is 1. The van der Waals surface area contributed by atoms with Crippen molar-refractivity contribution < 1.29 is 9.90 Å². The standard InChI is InChI=1S/C11H16BrNO2S/c1-7(4-10(14)15)11(13(2)3)9-5-8(12)6-16-9/h5-7,11H,4H2,1-3H3,(H,14,15). The quantitative estimate of drug-likeness (QED) is 0.908. The highest BCUT2D eigenvalue weighted by molar-refractivity contribution is 9.10. The molecule has 90 valence electrons. The molecule has 1 N–H and O–H groups in total. The van der Waals surface area contributed by atoms with E-state index >= 15 is 0 Å². The van der Waals surface area contributed by atoms with Crippen molar-refractivity contribution in [3.63, 3.8) is 0 Å². The lowest BCUT2D eigenvalue weighted by molar-refractivity contribution is -0.138. The van der Waals surface area contributed by atoms with Gasteiger partial charge in [0.1, 0.15) is 0 Å². The zero-order valence-corrected chi connectivity index (χ0v) is 12.0. The van der Waals surface area contributed by atoms with Gasteiger partial charge in [-0.15, -0.1) is 11.3 Å². The van der Waals surface area contributed by atoms with Gasteiger partial charge in [0.2, 0.25) is 0 Å². The van der Waals surface area contributed by atoms with Gasteiger partial charge in [0.05, 0.1) is 0 Å². The molecule has 0 saturated carbocycles. The average Bonchev–Trinajstić information content (AvgIpc) is 2.49. The van der Waals surface area contributed by atoms with E-state index in [2.05, 4.69) is 26.9 Å². The van der Waals surface area contributed by atoms with Crippen LogP contribution in [-0.4, -0.2) is 30.1 Å². The SMILES string of the molecule is CC(CC(=O)O)C(c1cc(Br)cs1)N(C)C. The summed E-state index contributed by atoms with van der Waals surface area (Å²) >= 11 is 5.09. The lowest BCUT2D eigenvalue weighted by Crippen LogP contribution is -2.26. The molecule has 0 spiro atoms. The predicted octanol–water partition coefficient (Wildman–Crippen LogP) is 3.22. The third-order valence-electron chi connectivity index (χ3n) is 2.47. The number of halogens is 1. The van der Waals surface area contributed by atoms with Crippen molar-refractivity contribution in [2.75, 3.05) is 14.1 Å². The smallest absolute Gasteiger partial charge is 0.303 e. The molecule has 0 bridgehead atoms. The van der Waals surface area contributed by atoms with Gasteiger partial charge in [-0.3, -0.25) is 4.79 Å². The van der Waals surface area contributed by atoms with Crippen LogP contribution in [0.4, 0.5) is 0 Å². The van der Waals surface area contributed by atoms with Gasteiger partial charge in [0.15, 0.2) is 0 Å². The second kappa shape index (κ2) is 5.80. The van der Waals surface area contributed by atoms with Crippen LogP contribution >= 0.6 is 27.3 Å². The largest absolute Gasteiger partial charge is 0.481 e. The van der Waals surface area contributed by atoms with Crippen molar-refractivity contribution in [3.8, 4) is 0 Å². The molecule has 0 fully saturated rings. The third kappa shape index (κ3) is 3.57. The lowest BCUT2D eigenvalue weighted by atomic mass is 9.96. The van der Waals surface area contributed by atoms with E-state index in [9.17, 15) is 4.79 Å². The molecule has 2 unspecified atom stereocenters. The van der Waals surface area contributed by atoms with Crippen molar-refractivity contribution in [1.82, 2.24) is 4.90 Å². The molecule has 0 aromatic carbocycles. The van der Waals surface area contributed by atoms with Crippen molar-refractivity contribution in [3.05, 3.63) is 20.8 Å². The molecule has 2 atom stereocenters. The van der Waals surface area contributed by atoms with Crippen molar-refractivity contribution in [2.24, 2.45) is 5.92 Å². The Morgan fingerprint density at radius 2 is 2.25 bits per heavy atom. The van der Waals surface area contributed by atoms with Crippen LogP contribution in [-0.2, 0) is 4.79 Å². The number of aliphatic carboxylic acids is 1. The summed E-state index contributed by atoms with van der Waals surface area (Å²) in [6, 6.07) is 2.22. The second-order valence-corrected chi connectivity index (χ2v) is 6.01. The van der Waals surface area contributed by atoms with E-state index < -0.39 is 5.97 Å². The van der Waals surface area contributed by atoms with Crippen molar-refractivity contribution in [2.45, 2.75) is 19.4 Å². The summed E-state index contributed by atoms with van der Waals surface area (Å²) in [7, 11) is 3.97. The first-order chi connectivity index (χ1) is 7.41.